The summed E-state index contributed by atoms with van der Waals surface area (Å²) in [5.74, 6) is 0.242. The fourth-order valence-electron chi connectivity index (χ4n) is 4.18. The number of aryl methyl sites for hydroxylation is 1. The van der Waals surface area contributed by atoms with Gasteiger partial charge in [0.05, 0.1) is 11.5 Å². The summed E-state index contributed by atoms with van der Waals surface area (Å²) in [6.45, 7) is 3.53. The summed E-state index contributed by atoms with van der Waals surface area (Å²) in [5, 5.41) is 10.0. The summed E-state index contributed by atoms with van der Waals surface area (Å²) in [6.07, 6.45) is 4.34. The zero-order valence-electron chi connectivity index (χ0n) is 14.1. The molecule has 2 fully saturated rings. The van der Waals surface area contributed by atoms with Gasteiger partial charge in [0.25, 0.3) is 0 Å². The first-order valence-electron chi connectivity index (χ1n) is 8.79. The molecule has 2 aliphatic heterocycles. The highest BCUT2D eigenvalue weighted by atomic mass is 16.3. The molecular formula is C19H28N2O2. The molecule has 1 atom stereocenters. The minimum Gasteiger partial charge on any atom is -0.391 e. The van der Waals surface area contributed by atoms with Crippen LogP contribution in [0.3, 0.4) is 0 Å². The van der Waals surface area contributed by atoms with E-state index < -0.39 is 0 Å². The van der Waals surface area contributed by atoms with Gasteiger partial charge in [-0.05, 0) is 57.3 Å². The first-order chi connectivity index (χ1) is 11.1. The van der Waals surface area contributed by atoms with Gasteiger partial charge in [-0.25, -0.2) is 0 Å². The molecule has 1 N–H and O–H groups in total. The van der Waals surface area contributed by atoms with Crippen LogP contribution in [0.15, 0.2) is 30.3 Å². The molecule has 2 aliphatic rings. The summed E-state index contributed by atoms with van der Waals surface area (Å²) >= 11 is 0. The topological polar surface area (TPSA) is 43.8 Å². The van der Waals surface area contributed by atoms with E-state index in [0.29, 0.717) is 13.0 Å². The summed E-state index contributed by atoms with van der Waals surface area (Å²) < 4.78 is 0. The monoisotopic (exact) mass is 316 g/mol. The molecule has 4 nitrogen and oxygen atoms in total. The van der Waals surface area contributed by atoms with E-state index in [2.05, 4.69) is 35.2 Å². The zero-order valence-corrected chi connectivity index (χ0v) is 14.1. The van der Waals surface area contributed by atoms with Crippen LogP contribution in [0.1, 0.15) is 31.2 Å². The SMILES string of the molecule is CN1CC(O)CC2(CCN(CCCc3ccccc3)CC2)C1=O. The summed E-state index contributed by atoms with van der Waals surface area (Å²) in [7, 11) is 1.82. The number of aliphatic hydroxyl groups excluding tert-OH is 1. The smallest absolute Gasteiger partial charge is 0.228 e. The van der Waals surface area contributed by atoms with Crippen LogP contribution in [0.2, 0.25) is 0 Å². The van der Waals surface area contributed by atoms with Crippen molar-refractivity contribution >= 4 is 5.91 Å². The first-order valence-corrected chi connectivity index (χ1v) is 8.79. The van der Waals surface area contributed by atoms with Gasteiger partial charge < -0.3 is 14.9 Å². The van der Waals surface area contributed by atoms with Crippen molar-refractivity contribution < 1.29 is 9.90 Å². The number of carbonyl (C=O) groups excluding carboxylic acids is 1. The maximum Gasteiger partial charge on any atom is 0.228 e. The number of aliphatic hydroxyl groups is 1. The number of likely N-dealkylation sites (N-methyl/N-ethyl adjacent to an activating group) is 1. The molecule has 0 aromatic heterocycles. The average molecular weight is 316 g/mol. The number of hydrogen-bond donors (Lipinski definition) is 1. The van der Waals surface area contributed by atoms with E-state index in [9.17, 15) is 9.90 Å². The number of piperidine rings is 2. The van der Waals surface area contributed by atoms with E-state index in [0.717, 1.165) is 45.3 Å². The number of nitrogens with zero attached hydrogens (tertiary/aromatic N) is 2. The van der Waals surface area contributed by atoms with Crippen LogP contribution < -0.4 is 0 Å². The second-order valence-corrected chi connectivity index (χ2v) is 7.25. The highest BCUT2D eigenvalue weighted by Crippen LogP contribution is 2.40. The van der Waals surface area contributed by atoms with Crippen LogP contribution in [0.25, 0.3) is 0 Å². The van der Waals surface area contributed by atoms with Crippen molar-refractivity contribution in [2.45, 2.75) is 38.2 Å². The Morgan fingerprint density at radius 2 is 1.91 bits per heavy atom. The van der Waals surface area contributed by atoms with Crippen molar-refractivity contribution in [1.29, 1.82) is 0 Å². The normalized spacial score (nSPS) is 25.0. The Kier molecular flexibility index (Phi) is 5.02. The van der Waals surface area contributed by atoms with Gasteiger partial charge in [-0.15, -0.1) is 0 Å². The average Bonchev–Trinajstić information content (AvgIpc) is 2.55. The molecule has 1 spiro atoms. The van der Waals surface area contributed by atoms with E-state index in [1.807, 2.05) is 7.05 Å². The fourth-order valence-corrected chi connectivity index (χ4v) is 4.18. The largest absolute Gasteiger partial charge is 0.391 e. The Hall–Kier alpha value is -1.39. The van der Waals surface area contributed by atoms with E-state index in [4.69, 9.17) is 0 Å². The molecule has 0 radical (unpaired) electrons. The van der Waals surface area contributed by atoms with Gasteiger partial charge in [-0.1, -0.05) is 30.3 Å². The lowest BCUT2D eigenvalue weighted by molar-refractivity contribution is -0.154. The molecule has 0 saturated carbocycles. The van der Waals surface area contributed by atoms with Gasteiger partial charge in [0.15, 0.2) is 0 Å². The molecule has 126 valence electrons. The van der Waals surface area contributed by atoms with E-state index in [-0.39, 0.29) is 17.4 Å². The number of amides is 1. The lowest BCUT2D eigenvalue weighted by Crippen LogP contribution is -2.56. The fraction of sp³-hybridized carbons (Fsp3) is 0.632. The molecule has 1 aromatic carbocycles. The van der Waals surface area contributed by atoms with Crippen LogP contribution in [0.4, 0.5) is 0 Å². The predicted molar refractivity (Wildman–Crippen MR) is 91.1 cm³/mol. The molecule has 1 amide bonds. The Morgan fingerprint density at radius 3 is 2.61 bits per heavy atom. The third kappa shape index (κ3) is 3.75. The maximum absolute atomic E-state index is 12.5. The van der Waals surface area contributed by atoms with Gasteiger partial charge >= 0.3 is 0 Å². The van der Waals surface area contributed by atoms with E-state index in [1.165, 1.54) is 5.56 Å². The Morgan fingerprint density at radius 1 is 1.22 bits per heavy atom. The Labute approximate surface area is 139 Å². The molecule has 0 bridgehead atoms. The van der Waals surface area contributed by atoms with Gasteiger partial charge in [0.2, 0.25) is 5.91 Å². The number of likely N-dealkylation sites (tertiary alicyclic amines) is 2. The number of β-amino-alcohol motifs (C(OH)–C–C–N with tert-alkyl or cyclic N) is 1. The van der Waals surface area contributed by atoms with Crippen LogP contribution in [0.5, 0.6) is 0 Å². The summed E-state index contributed by atoms with van der Waals surface area (Å²) in [5.41, 5.74) is 1.09. The molecule has 1 unspecified atom stereocenters. The number of benzene rings is 1. The highest BCUT2D eigenvalue weighted by Gasteiger charge is 2.47. The van der Waals surface area contributed by atoms with Gasteiger partial charge in [0.1, 0.15) is 0 Å². The van der Waals surface area contributed by atoms with Crippen LogP contribution in [-0.2, 0) is 11.2 Å². The van der Waals surface area contributed by atoms with Gasteiger partial charge in [-0.2, -0.15) is 0 Å². The van der Waals surface area contributed by atoms with Crippen molar-refractivity contribution in [1.82, 2.24) is 9.80 Å². The number of carbonyl (C=O) groups is 1. The number of hydrogen-bond acceptors (Lipinski definition) is 3. The molecule has 2 heterocycles. The predicted octanol–water partition coefficient (Wildman–Crippen LogP) is 1.92. The molecule has 2 saturated heterocycles. The van der Waals surface area contributed by atoms with E-state index in [1.54, 1.807) is 4.90 Å². The van der Waals surface area contributed by atoms with Crippen LogP contribution >= 0.6 is 0 Å². The molecule has 1 aromatic rings. The lowest BCUT2D eigenvalue weighted by atomic mass is 9.71. The third-order valence-electron chi connectivity index (χ3n) is 5.51. The van der Waals surface area contributed by atoms with Crippen molar-refractivity contribution in [2.75, 3.05) is 33.2 Å². The molecule has 23 heavy (non-hydrogen) atoms. The first kappa shape index (κ1) is 16.5. The minimum atomic E-state index is -0.359. The summed E-state index contributed by atoms with van der Waals surface area (Å²) in [4.78, 5) is 16.7. The van der Waals surface area contributed by atoms with Gasteiger partial charge in [0, 0.05) is 13.6 Å². The van der Waals surface area contributed by atoms with Crippen molar-refractivity contribution in [2.24, 2.45) is 5.41 Å². The van der Waals surface area contributed by atoms with Crippen molar-refractivity contribution in [3.05, 3.63) is 35.9 Å². The molecular weight excluding hydrogens is 288 g/mol. The minimum absolute atomic E-state index is 0.242. The van der Waals surface area contributed by atoms with Gasteiger partial charge in [-0.3, -0.25) is 4.79 Å². The van der Waals surface area contributed by atoms with Crippen LogP contribution in [0, 0.1) is 5.41 Å². The van der Waals surface area contributed by atoms with Crippen molar-refractivity contribution in [3.63, 3.8) is 0 Å². The number of rotatable bonds is 4. The van der Waals surface area contributed by atoms with E-state index >= 15 is 0 Å². The Bertz CT molecular complexity index is 523. The highest BCUT2D eigenvalue weighted by molar-refractivity contribution is 5.83. The zero-order chi connectivity index (χ0) is 16.3. The Balaban J connectivity index is 1.47. The lowest BCUT2D eigenvalue weighted by Gasteiger charge is -2.47. The maximum atomic E-state index is 12.5. The summed E-state index contributed by atoms with van der Waals surface area (Å²) in [6, 6.07) is 10.6. The van der Waals surface area contributed by atoms with Crippen LogP contribution in [-0.4, -0.2) is 60.1 Å². The second kappa shape index (κ2) is 7.02. The standard InChI is InChI=1S/C19H28N2O2/c1-20-15-17(22)14-19(18(20)23)9-12-21(13-10-19)11-5-8-16-6-3-2-4-7-16/h2-4,6-7,17,22H,5,8-15H2,1H3. The third-order valence-corrected chi connectivity index (χ3v) is 5.51. The molecule has 0 aliphatic carbocycles. The quantitative estimate of drug-likeness (QED) is 0.923. The second-order valence-electron chi connectivity index (χ2n) is 7.25. The van der Waals surface area contributed by atoms with Crippen molar-refractivity contribution in [3.8, 4) is 0 Å². The molecule has 3 rings (SSSR count). The molecule has 4 heteroatoms.